The summed E-state index contributed by atoms with van der Waals surface area (Å²) in [5.41, 5.74) is 1.68. The maximum atomic E-state index is 10.8. The molecule has 0 fully saturated rings. The van der Waals surface area contributed by atoms with E-state index < -0.39 is 18.2 Å². The largest absolute Gasteiger partial charge is 0.478 e. The van der Waals surface area contributed by atoms with Crippen molar-refractivity contribution in [1.82, 2.24) is 0 Å². The standard InChI is InChI=1S/C19H22O5S/c1-12(18(22)14-4-2-13(10-20)3-5-14)17(21)11-25-16-8-6-15(7-9-16)19(23)24/h2-9,12,17-18,20-22H,10-11H2,1H3,(H,23,24)/t12-,17+,18+/m0/s1. The molecular weight excluding hydrogens is 340 g/mol. The van der Waals surface area contributed by atoms with E-state index in [1.165, 1.54) is 23.9 Å². The Morgan fingerprint density at radius 1 is 1.04 bits per heavy atom. The number of aromatic carboxylic acids is 1. The quantitative estimate of drug-likeness (QED) is 0.539. The van der Waals surface area contributed by atoms with Crippen molar-refractivity contribution in [2.24, 2.45) is 5.92 Å². The van der Waals surface area contributed by atoms with E-state index in [4.69, 9.17) is 10.2 Å². The van der Waals surface area contributed by atoms with Crippen molar-refractivity contribution in [2.75, 3.05) is 5.75 Å². The minimum atomic E-state index is -0.972. The van der Waals surface area contributed by atoms with Gasteiger partial charge in [-0.25, -0.2) is 4.79 Å². The van der Waals surface area contributed by atoms with Gasteiger partial charge in [0.15, 0.2) is 0 Å². The number of thioether (sulfide) groups is 1. The number of carboxylic acid groups (broad SMARTS) is 1. The number of aliphatic hydroxyl groups excluding tert-OH is 3. The van der Waals surface area contributed by atoms with E-state index in [1.54, 1.807) is 43.3 Å². The van der Waals surface area contributed by atoms with Crippen LogP contribution in [0.3, 0.4) is 0 Å². The second kappa shape index (κ2) is 9.01. The molecule has 0 unspecified atom stereocenters. The van der Waals surface area contributed by atoms with Crippen LogP contribution in [-0.4, -0.2) is 38.3 Å². The van der Waals surface area contributed by atoms with Crippen molar-refractivity contribution in [3.63, 3.8) is 0 Å². The molecule has 0 aliphatic rings. The van der Waals surface area contributed by atoms with Crippen LogP contribution in [0.1, 0.15) is 34.5 Å². The molecule has 0 aliphatic carbocycles. The average molecular weight is 362 g/mol. The van der Waals surface area contributed by atoms with Crippen LogP contribution < -0.4 is 0 Å². The SMILES string of the molecule is C[C@@H]([C@H](O)CSc1ccc(C(=O)O)cc1)[C@@H](O)c1ccc(CO)cc1. The van der Waals surface area contributed by atoms with E-state index in [-0.39, 0.29) is 18.1 Å². The van der Waals surface area contributed by atoms with Gasteiger partial charge in [-0.05, 0) is 35.4 Å². The van der Waals surface area contributed by atoms with E-state index in [0.717, 1.165) is 10.5 Å². The molecule has 0 saturated carbocycles. The maximum Gasteiger partial charge on any atom is 0.335 e. The van der Waals surface area contributed by atoms with Crippen LogP contribution in [0.15, 0.2) is 53.4 Å². The third-order valence-electron chi connectivity index (χ3n) is 4.13. The Bertz CT molecular complexity index is 684. The Morgan fingerprint density at radius 3 is 2.16 bits per heavy atom. The minimum Gasteiger partial charge on any atom is -0.478 e. The summed E-state index contributed by atoms with van der Waals surface area (Å²) < 4.78 is 0. The highest BCUT2D eigenvalue weighted by Crippen LogP contribution is 2.28. The summed E-state index contributed by atoms with van der Waals surface area (Å²) in [6.45, 7) is 1.73. The first-order chi connectivity index (χ1) is 11.9. The molecule has 3 atom stereocenters. The zero-order chi connectivity index (χ0) is 18.4. The molecule has 0 heterocycles. The summed E-state index contributed by atoms with van der Waals surface area (Å²) in [4.78, 5) is 11.7. The third-order valence-corrected chi connectivity index (χ3v) is 5.24. The van der Waals surface area contributed by atoms with Crippen molar-refractivity contribution < 1.29 is 25.2 Å². The fourth-order valence-electron chi connectivity index (χ4n) is 2.36. The van der Waals surface area contributed by atoms with Gasteiger partial charge in [0, 0.05) is 16.6 Å². The van der Waals surface area contributed by atoms with Gasteiger partial charge in [0.1, 0.15) is 0 Å². The van der Waals surface area contributed by atoms with E-state index in [9.17, 15) is 15.0 Å². The molecule has 0 bridgehead atoms. The Labute approximate surface area is 151 Å². The minimum absolute atomic E-state index is 0.0497. The number of rotatable bonds is 8. The number of carboxylic acids is 1. The highest BCUT2D eigenvalue weighted by molar-refractivity contribution is 7.99. The summed E-state index contributed by atoms with van der Waals surface area (Å²) in [5.74, 6) is -0.953. The summed E-state index contributed by atoms with van der Waals surface area (Å²) >= 11 is 1.41. The lowest BCUT2D eigenvalue weighted by Gasteiger charge is -2.24. The monoisotopic (exact) mass is 362 g/mol. The molecule has 0 spiro atoms. The van der Waals surface area contributed by atoms with Gasteiger partial charge in [-0.2, -0.15) is 0 Å². The summed E-state index contributed by atoms with van der Waals surface area (Å²) in [5, 5.41) is 38.7. The fraction of sp³-hybridized carbons (Fsp3) is 0.316. The van der Waals surface area contributed by atoms with Crippen LogP contribution in [0.5, 0.6) is 0 Å². The first-order valence-electron chi connectivity index (χ1n) is 7.94. The van der Waals surface area contributed by atoms with Crippen LogP contribution in [0.4, 0.5) is 0 Å². The first-order valence-corrected chi connectivity index (χ1v) is 8.93. The third kappa shape index (κ3) is 5.31. The van der Waals surface area contributed by atoms with Gasteiger partial charge in [-0.3, -0.25) is 0 Å². The van der Waals surface area contributed by atoms with Crippen LogP contribution in [0, 0.1) is 5.92 Å². The molecule has 2 aromatic rings. The van der Waals surface area contributed by atoms with Crippen LogP contribution >= 0.6 is 11.8 Å². The number of benzene rings is 2. The smallest absolute Gasteiger partial charge is 0.335 e. The molecule has 25 heavy (non-hydrogen) atoms. The highest BCUT2D eigenvalue weighted by Gasteiger charge is 2.24. The van der Waals surface area contributed by atoms with Crippen molar-refractivity contribution in [3.05, 3.63) is 65.2 Å². The number of hydrogen-bond donors (Lipinski definition) is 4. The summed E-state index contributed by atoms with van der Waals surface area (Å²) in [6, 6.07) is 13.4. The lowest BCUT2D eigenvalue weighted by atomic mass is 9.93. The van der Waals surface area contributed by atoms with Gasteiger partial charge in [0.2, 0.25) is 0 Å². The van der Waals surface area contributed by atoms with Crippen molar-refractivity contribution in [1.29, 1.82) is 0 Å². The normalized spacial score (nSPS) is 14.7. The van der Waals surface area contributed by atoms with Gasteiger partial charge in [-0.1, -0.05) is 31.2 Å². The number of hydrogen-bond acceptors (Lipinski definition) is 5. The predicted molar refractivity (Wildman–Crippen MR) is 96.6 cm³/mol. The molecule has 0 saturated heterocycles. The van der Waals surface area contributed by atoms with Crippen molar-refractivity contribution in [3.8, 4) is 0 Å². The van der Waals surface area contributed by atoms with Gasteiger partial charge >= 0.3 is 5.97 Å². The Hall–Kier alpha value is -1.86. The summed E-state index contributed by atoms with van der Waals surface area (Å²) in [7, 11) is 0. The first kappa shape index (κ1) is 19.5. The molecule has 0 radical (unpaired) electrons. The zero-order valence-electron chi connectivity index (χ0n) is 13.9. The Kier molecular flexibility index (Phi) is 7.01. The fourth-order valence-corrected chi connectivity index (χ4v) is 3.36. The Morgan fingerprint density at radius 2 is 1.64 bits per heavy atom. The van der Waals surface area contributed by atoms with E-state index in [1.807, 2.05) is 0 Å². The molecule has 0 amide bonds. The van der Waals surface area contributed by atoms with E-state index in [2.05, 4.69) is 0 Å². The molecule has 0 aliphatic heterocycles. The predicted octanol–water partition coefficient (Wildman–Crippen LogP) is 2.70. The van der Waals surface area contributed by atoms with Crippen LogP contribution in [0.25, 0.3) is 0 Å². The molecule has 0 aromatic heterocycles. The van der Waals surface area contributed by atoms with Gasteiger partial charge in [0.05, 0.1) is 24.4 Å². The molecule has 2 aromatic carbocycles. The summed E-state index contributed by atoms with van der Waals surface area (Å²) in [6.07, 6.45) is -1.53. The molecule has 5 nitrogen and oxygen atoms in total. The number of aliphatic hydroxyl groups is 3. The van der Waals surface area contributed by atoms with Gasteiger partial charge < -0.3 is 20.4 Å². The van der Waals surface area contributed by atoms with Gasteiger partial charge in [-0.15, -0.1) is 11.8 Å². The lowest BCUT2D eigenvalue weighted by Crippen LogP contribution is -2.26. The Balaban J connectivity index is 1.92. The number of carbonyl (C=O) groups is 1. The molecule has 134 valence electrons. The molecule has 4 N–H and O–H groups in total. The highest BCUT2D eigenvalue weighted by atomic mass is 32.2. The molecular formula is C19H22O5S. The zero-order valence-corrected chi connectivity index (χ0v) is 14.7. The lowest BCUT2D eigenvalue weighted by molar-refractivity contribution is 0.0330. The second-order valence-electron chi connectivity index (χ2n) is 5.91. The maximum absolute atomic E-state index is 10.8. The molecule has 6 heteroatoms. The van der Waals surface area contributed by atoms with Crippen molar-refractivity contribution in [2.45, 2.75) is 30.6 Å². The second-order valence-corrected chi connectivity index (χ2v) is 7.00. The van der Waals surface area contributed by atoms with Gasteiger partial charge in [0.25, 0.3) is 0 Å². The average Bonchev–Trinajstić information content (AvgIpc) is 2.65. The van der Waals surface area contributed by atoms with Crippen LogP contribution in [-0.2, 0) is 6.61 Å². The van der Waals surface area contributed by atoms with Crippen molar-refractivity contribution >= 4 is 17.7 Å². The topological polar surface area (TPSA) is 98.0 Å². The van der Waals surface area contributed by atoms with Crippen LogP contribution in [0.2, 0.25) is 0 Å². The van der Waals surface area contributed by atoms with E-state index in [0.29, 0.717) is 11.3 Å². The molecule has 2 rings (SSSR count). The van der Waals surface area contributed by atoms with E-state index >= 15 is 0 Å².